The van der Waals surface area contributed by atoms with Gasteiger partial charge in [-0.25, -0.2) is 0 Å². The fraction of sp³-hybridized carbons (Fsp3) is 0.222. The van der Waals surface area contributed by atoms with E-state index in [-0.39, 0.29) is 23.3 Å². The predicted molar refractivity (Wildman–Crippen MR) is 132 cm³/mol. The standard InChI is InChI=1S/C27H25N3O6/c1-2-34-20-10-5-4-9-19(20)25(31)28-23-18-8-3-6-11-21(18)36-24(23)27(33)30-15-13-29(14-16-30)26(32)22-12-7-17-35-22/h3-12,17H,2,13-16H2,1H3,(H,28,31). The molecule has 1 saturated heterocycles. The molecule has 0 spiro atoms. The van der Waals surface area contributed by atoms with E-state index in [9.17, 15) is 14.4 Å². The summed E-state index contributed by atoms with van der Waals surface area (Å²) in [6.45, 7) is 3.61. The zero-order valence-corrected chi connectivity index (χ0v) is 19.7. The van der Waals surface area contributed by atoms with Crippen molar-refractivity contribution in [1.82, 2.24) is 9.80 Å². The minimum atomic E-state index is -0.409. The van der Waals surface area contributed by atoms with Crippen LogP contribution < -0.4 is 10.1 Å². The van der Waals surface area contributed by atoms with Crippen LogP contribution in [0.4, 0.5) is 5.69 Å². The smallest absolute Gasteiger partial charge is 0.291 e. The molecular formula is C27H25N3O6. The zero-order chi connectivity index (χ0) is 25.1. The summed E-state index contributed by atoms with van der Waals surface area (Å²) >= 11 is 0. The molecule has 4 aromatic rings. The van der Waals surface area contributed by atoms with Crippen LogP contribution in [-0.2, 0) is 0 Å². The molecule has 36 heavy (non-hydrogen) atoms. The normalized spacial score (nSPS) is 13.6. The minimum absolute atomic E-state index is 0.0456. The maximum atomic E-state index is 13.5. The summed E-state index contributed by atoms with van der Waals surface area (Å²) in [5, 5.41) is 3.50. The lowest BCUT2D eigenvalue weighted by Gasteiger charge is -2.34. The van der Waals surface area contributed by atoms with Gasteiger partial charge in [0.15, 0.2) is 5.76 Å². The number of fused-ring (bicyclic) bond motifs is 1. The number of rotatable bonds is 6. The molecule has 3 amide bonds. The Morgan fingerprint density at radius 1 is 0.889 bits per heavy atom. The van der Waals surface area contributed by atoms with E-state index in [1.165, 1.54) is 6.26 Å². The highest BCUT2D eigenvalue weighted by atomic mass is 16.5. The van der Waals surface area contributed by atoms with Gasteiger partial charge in [0.1, 0.15) is 17.0 Å². The van der Waals surface area contributed by atoms with Gasteiger partial charge in [0.25, 0.3) is 17.7 Å². The predicted octanol–water partition coefficient (Wildman–Crippen LogP) is 4.28. The summed E-state index contributed by atoms with van der Waals surface area (Å²) in [5.74, 6) is -0.209. The Morgan fingerprint density at radius 3 is 2.31 bits per heavy atom. The second kappa shape index (κ2) is 9.99. The van der Waals surface area contributed by atoms with Gasteiger partial charge in [-0.1, -0.05) is 24.3 Å². The fourth-order valence-electron chi connectivity index (χ4n) is 4.25. The van der Waals surface area contributed by atoms with Gasteiger partial charge in [0.2, 0.25) is 5.76 Å². The Kier molecular flexibility index (Phi) is 6.44. The highest BCUT2D eigenvalue weighted by Gasteiger charge is 2.31. The van der Waals surface area contributed by atoms with Crippen molar-refractivity contribution in [1.29, 1.82) is 0 Å². The van der Waals surface area contributed by atoms with Gasteiger partial charge in [0, 0.05) is 31.6 Å². The molecule has 0 unspecified atom stereocenters. The molecule has 184 valence electrons. The number of benzene rings is 2. The third-order valence-corrected chi connectivity index (χ3v) is 6.05. The first kappa shape index (κ1) is 23.2. The highest BCUT2D eigenvalue weighted by Crippen LogP contribution is 2.33. The van der Waals surface area contributed by atoms with Crippen molar-refractivity contribution >= 4 is 34.4 Å². The Balaban J connectivity index is 1.38. The number of carbonyl (C=O) groups is 3. The van der Waals surface area contributed by atoms with Crippen LogP contribution in [0.25, 0.3) is 11.0 Å². The van der Waals surface area contributed by atoms with E-state index in [0.717, 1.165) is 0 Å². The van der Waals surface area contributed by atoms with Crippen molar-refractivity contribution in [3.8, 4) is 5.75 Å². The van der Waals surface area contributed by atoms with Gasteiger partial charge in [-0.05, 0) is 43.3 Å². The van der Waals surface area contributed by atoms with Crippen LogP contribution in [0, 0.1) is 0 Å². The van der Waals surface area contributed by atoms with Crippen molar-refractivity contribution in [2.24, 2.45) is 0 Å². The number of piperazine rings is 1. The summed E-state index contributed by atoms with van der Waals surface area (Å²) in [5.41, 5.74) is 1.15. The van der Waals surface area contributed by atoms with Gasteiger partial charge in [0.05, 0.1) is 18.4 Å². The summed E-state index contributed by atoms with van der Waals surface area (Å²) in [6.07, 6.45) is 1.46. The van der Waals surface area contributed by atoms with Gasteiger partial charge < -0.3 is 28.7 Å². The van der Waals surface area contributed by atoms with Crippen LogP contribution in [0.5, 0.6) is 5.75 Å². The zero-order valence-electron chi connectivity index (χ0n) is 19.7. The molecule has 1 N–H and O–H groups in total. The van der Waals surface area contributed by atoms with E-state index in [2.05, 4.69) is 5.32 Å². The molecule has 0 saturated carbocycles. The number of anilines is 1. The van der Waals surface area contributed by atoms with E-state index in [4.69, 9.17) is 13.6 Å². The van der Waals surface area contributed by atoms with Crippen molar-refractivity contribution in [2.75, 3.05) is 38.1 Å². The maximum absolute atomic E-state index is 13.5. The molecule has 0 radical (unpaired) electrons. The van der Waals surface area contributed by atoms with E-state index in [1.54, 1.807) is 64.4 Å². The third-order valence-electron chi connectivity index (χ3n) is 6.05. The molecule has 9 heteroatoms. The molecule has 1 fully saturated rings. The molecule has 9 nitrogen and oxygen atoms in total. The molecule has 1 aliphatic rings. The van der Waals surface area contributed by atoms with Gasteiger partial charge in [-0.2, -0.15) is 0 Å². The Bertz CT molecular complexity index is 1400. The van der Waals surface area contributed by atoms with Crippen LogP contribution in [0.3, 0.4) is 0 Å². The molecule has 0 aliphatic carbocycles. The van der Waals surface area contributed by atoms with E-state index in [1.807, 2.05) is 13.0 Å². The lowest BCUT2D eigenvalue weighted by Crippen LogP contribution is -2.50. The molecule has 0 bridgehead atoms. The van der Waals surface area contributed by atoms with Gasteiger partial charge in [-0.3, -0.25) is 14.4 Å². The van der Waals surface area contributed by atoms with Crippen LogP contribution in [0.1, 0.15) is 38.4 Å². The summed E-state index contributed by atoms with van der Waals surface area (Å²) in [6, 6.07) is 17.4. The number of para-hydroxylation sites is 2. The largest absolute Gasteiger partial charge is 0.493 e. The van der Waals surface area contributed by atoms with E-state index >= 15 is 0 Å². The Hall–Kier alpha value is -4.53. The number of nitrogens with zero attached hydrogens (tertiary/aromatic N) is 2. The van der Waals surface area contributed by atoms with Gasteiger partial charge >= 0.3 is 0 Å². The lowest BCUT2D eigenvalue weighted by atomic mass is 10.1. The average Bonchev–Trinajstić information content (AvgIpc) is 3.57. The van der Waals surface area contributed by atoms with Crippen molar-refractivity contribution in [3.05, 3.63) is 84.0 Å². The fourth-order valence-corrected chi connectivity index (χ4v) is 4.25. The first-order valence-corrected chi connectivity index (χ1v) is 11.7. The average molecular weight is 488 g/mol. The third kappa shape index (κ3) is 4.43. The second-order valence-corrected chi connectivity index (χ2v) is 8.25. The molecule has 0 atom stereocenters. The number of hydrogen-bond donors (Lipinski definition) is 1. The van der Waals surface area contributed by atoms with Crippen LogP contribution in [-0.4, -0.2) is 60.3 Å². The quantitative estimate of drug-likeness (QED) is 0.435. The van der Waals surface area contributed by atoms with Crippen LogP contribution >= 0.6 is 0 Å². The summed E-state index contributed by atoms with van der Waals surface area (Å²) in [7, 11) is 0. The summed E-state index contributed by atoms with van der Waals surface area (Å²) in [4.78, 5) is 42.6. The van der Waals surface area contributed by atoms with Crippen LogP contribution in [0.2, 0.25) is 0 Å². The number of carbonyl (C=O) groups excluding carboxylic acids is 3. The molecule has 2 aromatic heterocycles. The number of hydrogen-bond acceptors (Lipinski definition) is 6. The Labute approximate surface area is 207 Å². The van der Waals surface area contributed by atoms with Crippen LogP contribution in [0.15, 0.2) is 75.8 Å². The van der Waals surface area contributed by atoms with Crippen molar-refractivity contribution in [3.63, 3.8) is 0 Å². The number of nitrogens with one attached hydrogen (secondary N) is 1. The molecule has 3 heterocycles. The number of furan rings is 2. The minimum Gasteiger partial charge on any atom is -0.493 e. The van der Waals surface area contributed by atoms with Gasteiger partial charge in [-0.15, -0.1) is 0 Å². The topological polar surface area (TPSA) is 105 Å². The first-order chi connectivity index (χ1) is 17.6. The number of amides is 3. The van der Waals surface area contributed by atoms with Crippen molar-refractivity contribution in [2.45, 2.75) is 6.92 Å². The monoisotopic (exact) mass is 487 g/mol. The SMILES string of the molecule is CCOc1ccccc1C(=O)Nc1c(C(=O)N2CCN(C(=O)c3ccco3)CC2)oc2ccccc12. The van der Waals surface area contributed by atoms with E-state index < -0.39 is 5.91 Å². The van der Waals surface area contributed by atoms with Crippen molar-refractivity contribution < 1.29 is 28.0 Å². The first-order valence-electron chi connectivity index (χ1n) is 11.7. The highest BCUT2D eigenvalue weighted by molar-refractivity contribution is 6.15. The maximum Gasteiger partial charge on any atom is 0.291 e. The molecule has 5 rings (SSSR count). The summed E-state index contributed by atoms with van der Waals surface area (Å²) < 4.78 is 16.7. The molecule has 2 aromatic carbocycles. The molecule has 1 aliphatic heterocycles. The lowest BCUT2D eigenvalue weighted by molar-refractivity contribution is 0.0504. The molecular weight excluding hydrogens is 462 g/mol. The Morgan fingerprint density at radius 2 is 1.58 bits per heavy atom. The second-order valence-electron chi connectivity index (χ2n) is 8.25. The number of ether oxygens (including phenoxy) is 1. The van der Waals surface area contributed by atoms with E-state index in [0.29, 0.717) is 60.8 Å².